The molecule has 2 aromatic heterocycles. The molecule has 0 aromatic carbocycles. The minimum Gasteiger partial charge on any atom is -0.394 e. The highest BCUT2D eigenvalue weighted by Crippen LogP contribution is 2.49. The van der Waals surface area contributed by atoms with E-state index >= 15 is 0 Å². The monoisotopic (exact) mass is 496 g/mol. The summed E-state index contributed by atoms with van der Waals surface area (Å²) in [6.07, 6.45) is 6.61. The summed E-state index contributed by atoms with van der Waals surface area (Å²) in [7, 11) is -2.53. The number of aliphatic hydroxyl groups excluding tert-OH is 1. The number of aliphatic hydroxyl groups is 1. The van der Waals surface area contributed by atoms with Crippen molar-refractivity contribution in [2.75, 3.05) is 23.4 Å². The first-order valence-corrected chi connectivity index (χ1v) is 12.7. The number of nitrogens with zero attached hydrogens (tertiary/aromatic N) is 5. The number of fused-ring (bicyclic) bond motifs is 3. The second-order valence-electron chi connectivity index (χ2n) is 9.55. The normalized spacial score (nSPS) is 30.8. The van der Waals surface area contributed by atoms with Gasteiger partial charge in [-0.15, -0.1) is 0 Å². The van der Waals surface area contributed by atoms with E-state index in [2.05, 4.69) is 30.2 Å². The van der Waals surface area contributed by atoms with Gasteiger partial charge in [0, 0.05) is 30.9 Å². The van der Waals surface area contributed by atoms with Gasteiger partial charge in [-0.25, -0.2) is 19.2 Å². The lowest BCUT2D eigenvalue weighted by Crippen LogP contribution is -2.49. The molecule has 2 bridgehead atoms. The van der Waals surface area contributed by atoms with Crippen molar-refractivity contribution >= 4 is 34.2 Å². The maximum Gasteiger partial charge on any atom is 0.331 e. The van der Waals surface area contributed by atoms with E-state index < -0.39 is 28.0 Å². The van der Waals surface area contributed by atoms with Gasteiger partial charge in [0.1, 0.15) is 27.3 Å². The average Bonchev–Trinajstić information content (AvgIpc) is 3.43. The van der Waals surface area contributed by atoms with Crippen LogP contribution in [0.1, 0.15) is 49.5 Å². The summed E-state index contributed by atoms with van der Waals surface area (Å²) in [5, 5.41) is 10.2. The molecule has 2 aliphatic heterocycles. The van der Waals surface area contributed by atoms with Crippen LogP contribution < -0.4 is 10.2 Å². The number of aromatic nitrogens is 4. The van der Waals surface area contributed by atoms with Gasteiger partial charge < -0.3 is 15.3 Å². The molecule has 4 aliphatic rings. The van der Waals surface area contributed by atoms with Gasteiger partial charge in [-0.3, -0.25) is 0 Å². The lowest BCUT2D eigenvalue weighted by atomic mass is 9.77. The number of halogens is 3. The van der Waals surface area contributed by atoms with Gasteiger partial charge in [-0.05, 0) is 38.0 Å². The molecule has 0 amide bonds. The number of anilines is 2. The van der Waals surface area contributed by atoms with Crippen molar-refractivity contribution in [3.05, 3.63) is 28.9 Å². The van der Waals surface area contributed by atoms with Gasteiger partial charge in [0.25, 0.3) is 0 Å². The average molecular weight is 497 g/mol. The number of hydrogen-bond acceptors (Lipinski definition) is 8. The Morgan fingerprint density at radius 3 is 2.61 bits per heavy atom. The summed E-state index contributed by atoms with van der Waals surface area (Å²) in [5.74, 6) is 1.82. The Bertz CT molecular complexity index is 1130. The highest BCUT2D eigenvalue weighted by atomic mass is 35.5. The van der Waals surface area contributed by atoms with Crippen LogP contribution in [-0.2, 0) is 17.2 Å². The molecule has 3 fully saturated rings. The number of rotatable bonds is 5. The summed E-state index contributed by atoms with van der Waals surface area (Å²) < 4.78 is 41.3. The van der Waals surface area contributed by atoms with Gasteiger partial charge in [0.05, 0.1) is 29.3 Å². The van der Waals surface area contributed by atoms with E-state index in [-0.39, 0.29) is 35.0 Å². The zero-order valence-electron chi connectivity index (χ0n) is 17.7. The lowest BCUT2D eigenvalue weighted by molar-refractivity contribution is 0.104. The van der Waals surface area contributed by atoms with Crippen molar-refractivity contribution in [3.8, 4) is 0 Å². The van der Waals surface area contributed by atoms with Crippen molar-refractivity contribution in [1.29, 1.82) is 0 Å². The Morgan fingerprint density at radius 2 is 2.00 bits per heavy atom. The Labute approximate surface area is 196 Å². The van der Waals surface area contributed by atoms with Gasteiger partial charge in [-0.1, -0.05) is 11.6 Å². The van der Waals surface area contributed by atoms with E-state index in [0.717, 1.165) is 25.1 Å². The fraction of sp³-hybridized carbons (Fsp3) is 0.619. The van der Waals surface area contributed by atoms with Gasteiger partial charge in [0.15, 0.2) is 0 Å². The molecule has 2 aliphatic carbocycles. The molecular formula is C21H23ClF2N6O2S. The van der Waals surface area contributed by atoms with Crippen molar-refractivity contribution in [2.24, 2.45) is 5.92 Å². The molecule has 12 heteroatoms. The van der Waals surface area contributed by atoms with E-state index in [1.807, 2.05) is 0 Å². The third-order valence-corrected chi connectivity index (χ3v) is 9.20. The molecule has 1 saturated heterocycles. The van der Waals surface area contributed by atoms with Crippen molar-refractivity contribution in [3.63, 3.8) is 0 Å². The first kappa shape index (κ1) is 21.5. The maximum atomic E-state index is 14.4. The molecule has 4 atom stereocenters. The summed E-state index contributed by atoms with van der Waals surface area (Å²) in [5.41, 5.74) is -0.485. The molecule has 0 spiro atoms. The van der Waals surface area contributed by atoms with E-state index in [0.29, 0.717) is 36.3 Å². The van der Waals surface area contributed by atoms with E-state index in [9.17, 15) is 18.1 Å². The topological polar surface area (TPSA) is 104 Å². The predicted octanol–water partition coefficient (Wildman–Crippen LogP) is 2.89. The third kappa shape index (κ3) is 3.42. The molecule has 4 heterocycles. The van der Waals surface area contributed by atoms with E-state index in [1.54, 1.807) is 12.4 Å². The second-order valence-corrected chi connectivity index (χ2v) is 11.5. The smallest absolute Gasteiger partial charge is 0.331 e. The van der Waals surface area contributed by atoms with E-state index in [4.69, 9.17) is 11.6 Å². The molecule has 6 rings (SSSR count). The summed E-state index contributed by atoms with van der Waals surface area (Å²) in [6, 6.07) is 0.146. The first-order valence-electron chi connectivity index (χ1n) is 11.1. The van der Waals surface area contributed by atoms with Crippen molar-refractivity contribution in [2.45, 2.75) is 66.2 Å². The molecule has 2 saturated carbocycles. The van der Waals surface area contributed by atoms with Crippen molar-refractivity contribution in [1.82, 2.24) is 19.9 Å². The zero-order valence-corrected chi connectivity index (χ0v) is 19.2. The standard InChI is InChI=1S/C21H23ClF2N6O2S/c22-12-7-25-17(26-8-12)14-5-13-4-11(14)9-30(13)19-27-15-6-21(23,24)33(32)16(15)18(28-19)29-20(10-31)2-1-3-20/h7-8,11,13-14,31H,1-6,9-10H2,(H,27,28,29). The van der Waals surface area contributed by atoms with Crippen LogP contribution in [0.15, 0.2) is 17.3 Å². The van der Waals surface area contributed by atoms with Crippen LogP contribution in [0.5, 0.6) is 0 Å². The second kappa shape index (κ2) is 7.51. The van der Waals surface area contributed by atoms with Crippen LogP contribution in [0.25, 0.3) is 0 Å². The molecular weight excluding hydrogens is 474 g/mol. The van der Waals surface area contributed by atoms with Crippen LogP contribution in [0.4, 0.5) is 20.5 Å². The molecule has 2 aromatic rings. The van der Waals surface area contributed by atoms with Crippen molar-refractivity contribution < 1.29 is 18.1 Å². The van der Waals surface area contributed by atoms with Crippen LogP contribution >= 0.6 is 11.6 Å². The fourth-order valence-corrected chi connectivity index (χ4v) is 6.90. The number of nitrogens with one attached hydrogen (secondary N) is 1. The number of alkyl halides is 2. The highest BCUT2D eigenvalue weighted by molar-refractivity contribution is 7.86. The minimum atomic E-state index is -3.38. The Hall–Kier alpha value is -1.98. The first-order chi connectivity index (χ1) is 15.8. The third-order valence-electron chi connectivity index (χ3n) is 7.52. The maximum absolute atomic E-state index is 14.4. The molecule has 8 nitrogen and oxygen atoms in total. The van der Waals surface area contributed by atoms with Crippen LogP contribution in [0.2, 0.25) is 5.02 Å². The summed E-state index contributed by atoms with van der Waals surface area (Å²) in [6.45, 7) is 0.533. The summed E-state index contributed by atoms with van der Waals surface area (Å²) >= 11 is 5.92. The number of hydrogen-bond donors (Lipinski definition) is 2. The van der Waals surface area contributed by atoms with Crippen LogP contribution in [0.3, 0.4) is 0 Å². The fourth-order valence-electron chi connectivity index (χ4n) is 5.63. The zero-order chi connectivity index (χ0) is 23.0. The molecule has 33 heavy (non-hydrogen) atoms. The number of piperidine rings is 1. The quantitative estimate of drug-likeness (QED) is 0.651. The van der Waals surface area contributed by atoms with E-state index in [1.165, 1.54) is 0 Å². The Morgan fingerprint density at radius 1 is 1.24 bits per heavy atom. The Kier molecular flexibility index (Phi) is 4.90. The van der Waals surface area contributed by atoms with Gasteiger partial charge in [-0.2, -0.15) is 13.8 Å². The lowest BCUT2D eigenvalue weighted by Gasteiger charge is -2.41. The van der Waals surface area contributed by atoms with Gasteiger partial charge >= 0.3 is 5.25 Å². The van der Waals surface area contributed by atoms with Gasteiger partial charge in [0.2, 0.25) is 5.95 Å². The Balaban J connectivity index is 1.31. The predicted molar refractivity (Wildman–Crippen MR) is 118 cm³/mol. The minimum absolute atomic E-state index is 0.0275. The molecule has 4 unspecified atom stereocenters. The van der Waals surface area contributed by atoms with Crippen LogP contribution in [0, 0.1) is 5.92 Å². The molecule has 0 radical (unpaired) electrons. The highest BCUT2D eigenvalue weighted by Gasteiger charge is 2.52. The molecule has 2 N–H and O–H groups in total. The van der Waals surface area contributed by atoms with Crippen LogP contribution in [-0.4, -0.2) is 59.2 Å². The molecule has 176 valence electrons. The SMILES string of the molecule is O=S1c2c(nc(N3CC4CC3CC4c3ncc(Cl)cn3)nc2NC2(CO)CCC2)CC1(F)F. The summed E-state index contributed by atoms with van der Waals surface area (Å²) in [4.78, 5) is 19.9. The largest absolute Gasteiger partial charge is 0.394 e.